The van der Waals surface area contributed by atoms with Crippen LogP contribution in [-0.2, 0) is 14.3 Å². The Balaban J connectivity index is 1.97. The van der Waals surface area contributed by atoms with Crippen LogP contribution >= 0.6 is 0 Å². The zero-order chi connectivity index (χ0) is 14.1. The van der Waals surface area contributed by atoms with Crippen LogP contribution in [0.2, 0.25) is 0 Å². The summed E-state index contributed by atoms with van der Waals surface area (Å²) in [5.74, 6) is 0.221. The predicted octanol–water partition coefficient (Wildman–Crippen LogP) is 3.19. The van der Waals surface area contributed by atoms with E-state index in [1.807, 2.05) is 19.1 Å². The Morgan fingerprint density at radius 3 is 2.75 bits per heavy atom. The summed E-state index contributed by atoms with van der Waals surface area (Å²) in [4.78, 5) is 24.4. The van der Waals surface area contributed by atoms with E-state index in [2.05, 4.69) is 12.1 Å². The number of fused-ring (bicyclic) bond motifs is 4. The number of hydrogen-bond donors (Lipinski definition) is 0. The van der Waals surface area contributed by atoms with Gasteiger partial charge in [0.1, 0.15) is 5.78 Å². The average molecular weight is 272 g/mol. The van der Waals surface area contributed by atoms with Crippen LogP contribution < -0.4 is 0 Å². The van der Waals surface area contributed by atoms with Crippen LogP contribution in [0.1, 0.15) is 55.6 Å². The predicted molar refractivity (Wildman–Crippen MR) is 75.5 cm³/mol. The summed E-state index contributed by atoms with van der Waals surface area (Å²) in [5, 5.41) is 0. The van der Waals surface area contributed by atoms with Crippen LogP contribution in [0.3, 0.4) is 0 Å². The topological polar surface area (TPSA) is 43.4 Å². The van der Waals surface area contributed by atoms with Gasteiger partial charge in [-0.2, -0.15) is 0 Å². The minimum absolute atomic E-state index is 0.00746. The molecule has 3 rings (SSSR count). The van der Waals surface area contributed by atoms with Gasteiger partial charge in [0.15, 0.2) is 0 Å². The van der Waals surface area contributed by atoms with Crippen molar-refractivity contribution < 1.29 is 14.3 Å². The minimum Gasteiger partial charge on any atom is -0.466 e. The van der Waals surface area contributed by atoms with Crippen molar-refractivity contribution in [2.45, 2.75) is 44.4 Å². The van der Waals surface area contributed by atoms with Gasteiger partial charge >= 0.3 is 5.97 Å². The van der Waals surface area contributed by atoms with E-state index in [1.54, 1.807) is 0 Å². The van der Waals surface area contributed by atoms with E-state index in [4.69, 9.17) is 4.74 Å². The molecule has 1 unspecified atom stereocenters. The molecule has 0 aliphatic heterocycles. The van der Waals surface area contributed by atoms with Gasteiger partial charge < -0.3 is 4.74 Å². The molecule has 2 aliphatic carbocycles. The quantitative estimate of drug-likeness (QED) is 0.794. The summed E-state index contributed by atoms with van der Waals surface area (Å²) in [6.07, 6.45) is 3.27. The molecule has 3 atom stereocenters. The molecular weight excluding hydrogens is 252 g/mol. The fourth-order valence-corrected chi connectivity index (χ4v) is 3.83. The molecule has 106 valence electrons. The summed E-state index contributed by atoms with van der Waals surface area (Å²) in [6, 6.07) is 8.12. The van der Waals surface area contributed by atoms with Crippen molar-refractivity contribution in [2.75, 3.05) is 6.61 Å². The lowest BCUT2D eigenvalue weighted by Gasteiger charge is -2.40. The average Bonchev–Trinajstić information content (AvgIpc) is 2.44. The number of carbonyl (C=O) groups excluding carboxylic acids is 2. The molecule has 1 aromatic carbocycles. The Labute approximate surface area is 119 Å². The largest absolute Gasteiger partial charge is 0.466 e. The molecular formula is C17H20O3. The van der Waals surface area contributed by atoms with Crippen molar-refractivity contribution in [3.63, 3.8) is 0 Å². The highest BCUT2D eigenvalue weighted by Crippen LogP contribution is 2.48. The first-order chi connectivity index (χ1) is 9.72. The number of hydrogen-bond acceptors (Lipinski definition) is 3. The maximum Gasteiger partial charge on any atom is 0.306 e. The second-order valence-electron chi connectivity index (χ2n) is 5.74. The first-order valence-electron chi connectivity index (χ1n) is 7.50. The van der Waals surface area contributed by atoms with E-state index in [9.17, 15) is 9.59 Å². The second kappa shape index (κ2) is 5.39. The SMILES string of the molecule is CCOC(=O)CC1c2ccccc2[C@@H]2CCC[C@H]1C2=O. The Hall–Kier alpha value is -1.64. The van der Waals surface area contributed by atoms with E-state index in [1.165, 1.54) is 5.56 Å². The molecule has 0 saturated heterocycles. The van der Waals surface area contributed by atoms with Gasteiger partial charge in [-0.15, -0.1) is 0 Å². The van der Waals surface area contributed by atoms with E-state index < -0.39 is 0 Å². The molecule has 1 fully saturated rings. The third-order valence-corrected chi connectivity index (χ3v) is 4.67. The molecule has 0 aromatic heterocycles. The maximum absolute atomic E-state index is 12.6. The van der Waals surface area contributed by atoms with Crippen molar-refractivity contribution in [1.29, 1.82) is 0 Å². The number of ether oxygens (including phenoxy) is 1. The number of ketones is 1. The Morgan fingerprint density at radius 2 is 2.00 bits per heavy atom. The summed E-state index contributed by atoms with van der Waals surface area (Å²) < 4.78 is 5.08. The zero-order valence-corrected chi connectivity index (χ0v) is 11.8. The summed E-state index contributed by atoms with van der Waals surface area (Å²) in [5.41, 5.74) is 2.33. The number of rotatable bonds is 3. The molecule has 20 heavy (non-hydrogen) atoms. The molecule has 0 radical (unpaired) electrons. The van der Waals surface area contributed by atoms with Gasteiger partial charge in [-0.25, -0.2) is 0 Å². The van der Waals surface area contributed by atoms with Crippen LogP contribution in [0.5, 0.6) is 0 Å². The van der Waals surface area contributed by atoms with Gasteiger partial charge in [-0.3, -0.25) is 9.59 Å². The first-order valence-corrected chi connectivity index (χ1v) is 7.50. The van der Waals surface area contributed by atoms with E-state index >= 15 is 0 Å². The Bertz CT molecular complexity index is 535. The zero-order valence-electron chi connectivity index (χ0n) is 11.8. The highest BCUT2D eigenvalue weighted by molar-refractivity contribution is 5.92. The van der Waals surface area contributed by atoms with Crippen molar-refractivity contribution >= 4 is 11.8 Å². The van der Waals surface area contributed by atoms with Crippen LogP contribution in [0.25, 0.3) is 0 Å². The molecule has 0 amide bonds. The minimum atomic E-state index is -0.191. The molecule has 3 nitrogen and oxygen atoms in total. The van der Waals surface area contributed by atoms with Gasteiger partial charge in [-0.05, 0) is 30.9 Å². The summed E-state index contributed by atoms with van der Waals surface area (Å²) in [7, 11) is 0. The van der Waals surface area contributed by atoms with Gasteiger partial charge in [0.2, 0.25) is 0 Å². The fourth-order valence-electron chi connectivity index (χ4n) is 3.83. The lowest BCUT2D eigenvalue weighted by Crippen LogP contribution is -2.37. The molecule has 1 aromatic rings. The van der Waals surface area contributed by atoms with Gasteiger partial charge in [0.25, 0.3) is 0 Å². The van der Waals surface area contributed by atoms with Crippen molar-refractivity contribution in [3.05, 3.63) is 35.4 Å². The normalized spacial score (nSPS) is 27.9. The van der Waals surface area contributed by atoms with Crippen molar-refractivity contribution in [2.24, 2.45) is 5.92 Å². The number of esters is 1. The molecule has 0 heterocycles. The monoisotopic (exact) mass is 272 g/mol. The lowest BCUT2D eigenvalue weighted by molar-refractivity contribution is -0.144. The molecule has 0 N–H and O–H groups in total. The second-order valence-corrected chi connectivity index (χ2v) is 5.74. The molecule has 0 spiro atoms. The number of benzene rings is 1. The highest BCUT2D eigenvalue weighted by Gasteiger charge is 2.44. The summed E-state index contributed by atoms with van der Waals surface area (Å²) >= 11 is 0. The van der Waals surface area contributed by atoms with Crippen LogP contribution in [-0.4, -0.2) is 18.4 Å². The van der Waals surface area contributed by atoms with E-state index in [-0.39, 0.29) is 23.7 Å². The third kappa shape index (κ3) is 2.15. The van der Waals surface area contributed by atoms with Gasteiger partial charge in [0.05, 0.1) is 13.0 Å². The van der Waals surface area contributed by atoms with Crippen LogP contribution in [0.15, 0.2) is 24.3 Å². The van der Waals surface area contributed by atoms with Gasteiger partial charge in [-0.1, -0.05) is 30.7 Å². The van der Waals surface area contributed by atoms with Crippen LogP contribution in [0, 0.1) is 5.92 Å². The molecule has 2 bridgehead atoms. The Morgan fingerprint density at radius 1 is 1.25 bits per heavy atom. The maximum atomic E-state index is 12.6. The smallest absolute Gasteiger partial charge is 0.306 e. The van der Waals surface area contributed by atoms with E-state index in [0.29, 0.717) is 18.8 Å². The number of Topliss-reactive ketones (excluding diaryl/α,β-unsaturated/α-hetero) is 1. The Kier molecular flexibility index (Phi) is 3.60. The van der Waals surface area contributed by atoms with E-state index in [0.717, 1.165) is 24.8 Å². The summed E-state index contributed by atoms with van der Waals surface area (Å²) in [6.45, 7) is 2.21. The highest BCUT2D eigenvalue weighted by atomic mass is 16.5. The molecule has 1 saturated carbocycles. The fraction of sp³-hybridized carbons (Fsp3) is 0.529. The van der Waals surface area contributed by atoms with Crippen LogP contribution in [0.4, 0.5) is 0 Å². The van der Waals surface area contributed by atoms with Crippen molar-refractivity contribution in [1.82, 2.24) is 0 Å². The third-order valence-electron chi connectivity index (χ3n) is 4.67. The molecule has 2 aliphatic rings. The molecule has 3 heteroatoms. The van der Waals surface area contributed by atoms with Gasteiger partial charge in [0, 0.05) is 17.8 Å². The number of carbonyl (C=O) groups is 2. The first kappa shape index (κ1) is 13.3. The lowest BCUT2D eigenvalue weighted by atomic mass is 9.62. The standard InChI is InChI=1S/C17H20O3/c1-2-20-16(18)10-15-12-7-4-3-6-11(12)13-8-5-9-14(15)17(13)19/h3-4,6-7,13-15H,2,5,8-10H2,1H3/t13-,14+,15?/m0/s1. The van der Waals surface area contributed by atoms with Crippen molar-refractivity contribution in [3.8, 4) is 0 Å².